The van der Waals surface area contributed by atoms with Gasteiger partial charge in [-0.25, -0.2) is 32.8 Å². The number of ether oxygens (including phenoxy) is 1. The highest BCUT2D eigenvalue weighted by Crippen LogP contribution is 2.32. The van der Waals surface area contributed by atoms with Gasteiger partial charge in [-0.1, -0.05) is 0 Å². The lowest BCUT2D eigenvalue weighted by atomic mass is 10.0. The van der Waals surface area contributed by atoms with E-state index in [1.54, 1.807) is 20.8 Å². The fraction of sp³-hybridized carbons (Fsp3) is 0.333. The summed E-state index contributed by atoms with van der Waals surface area (Å²) in [7, 11) is 0. The zero-order valence-corrected chi connectivity index (χ0v) is 19.4. The number of hydrogen-bond donors (Lipinski definition) is 1. The van der Waals surface area contributed by atoms with Crippen molar-refractivity contribution in [2.24, 2.45) is 5.10 Å². The largest absolute Gasteiger partial charge is 0.444 e. The first-order valence-electron chi connectivity index (χ1n) is 10.9. The summed E-state index contributed by atoms with van der Waals surface area (Å²) in [5.74, 6) is -1.93. The number of hydrazone groups is 1. The Balaban J connectivity index is 1.40. The van der Waals surface area contributed by atoms with Crippen molar-refractivity contribution in [3.05, 3.63) is 64.6 Å². The van der Waals surface area contributed by atoms with Crippen molar-refractivity contribution in [3.63, 3.8) is 0 Å². The number of urea groups is 1. The van der Waals surface area contributed by atoms with Gasteiger partial charge < -0.3 is 9.64 Å². The van der Waals surface area contributed by atoms with Crippen LogP contribution in [0, 0.1) is 17.5 Å². The van der Waals surface area contributed by atoms with Crippen molar-refractivity contribution < 1.29 is 27.5 Å². The third-order valence-electron chi connectivity index (χ3n) is 5.20. The van der Waals surface area contributed by atoms with Crippen LogP contribution in [0.1, 0.15) is 44.5 Å². The van der Waals surface area contributed by atoms with E-state index < -0.39 is 41.2 Å². The Labute approximate surface area is 200 Å². The lowest BCUT2D eigenvalue weighted by Gasteiger charge is -2.37. The van der Waals surface area contributed by atoms with Gasteiger partial charge in [0.25, 0.3) is 0 Å². The number of rotatable bonds is 3. The van der Waals surface area contributed by atoms with E-state index in [1.165, 1.54) is 46.5 Å². The molecule has 0 bridgehead atoms. The van der Waals surface area contributed by atoms with Gasteiger partial charge in [0.05, 0.1) is 6.04 Å². The van der Waals surface area contributed by atoms with Crippen LogP contribution >= 0.6 is 0 Å². The van der Waals surface area contributed by atoms with Crippen molar-refractivity contribution in [2.75, 3.05) is 18.4 Å². The average molecular weight is 487 g/mol. The minimum Gasteiger partial charge on any atom is -0.444 e. The Kier molecular flexibility index (Phi) is 6.51. The summed E-state index contributed by atoms with van der Waals surface area (Å²) in [4.78, 5) is 30.4. The number of amides is 3. The van der Waals surface area contributed by atoms with Crippen molar-refractivity contribution in [2.45, 2.75) is 38.8 Å². The highest BCUT2D eigenvalue weighted by atomic mass is 19.1. The molecule has 1 aromatic heterocycles. The van der Waals surface area contributed by atoms with Crippen molar-refractivity contribution in [1.29, 1.82) is 0 Å². The SMILES string of the molecule is CC(C)(C)OC(=O)Nc1ccc(F)c(C=C2CN(C(=O)N3N=CCC3c3cc(F)cc(F)c3)C2)n1. The van der Waals surface area contributed by atoms with Gasteiger partial charge in [-0.2, -0.15) is 5.10 Å². The van der Waals surface area contributed by atoms with Crippen LogP contribution in [-0.4, -0.2) is 51.9 Å². The van der Waals surface area contributed by atoms with Crippen molar-refractivity contribution in [3.8, 4) is 0 Å². The molecule has 4 rings (SSSR count). The van der Waals surface area contributed by atoms with E-state index in [0.29, 0.717) is 12.0 Å². The molecular weight excluding hydrogens is 463 g/mol. The van der Waals surface area contributed by atoms with Crippen LogP contribution in [0.5, 0.6) is 0 Å². The highest BCUT2D eigenvalue weighted by molar-refractivity contribution is 5.84. The van der Waals surface area contributed by atoms with Gasteiger partial charge in [0.2, 0.25) is 0 Å². The van der Waals surface area contributed by atoms with Crippen LogP contribution in [0.4, 0.5) is 28.6 Å². The molecule has 1 aromatic carbocycles. The summed E-state index contributed by atoms with van der Waals surface area (Å²) >= 11 is 0. The van der Waals surface area contributed by atoms with Gasteiger partial charge in [-0.05, 0) is 62.2 Å². The number of benzene rings is 1. The molecule has 8 nitrogen and oxygen atoms in total. The summed E-state index contributed by atoms with van der Waals surface area (Å²) in [6, 6.07) is 4.57. The van der Waals surface area contributed by atoms with Crippen molar-refractivity contribution >= 4 is 30.2 Å². The van der Waals surface area contributed by atoms with Gasteiger partial charge in [-0.15, -0.1) is 0 Å². The van der Waals surface area contributed by atoms with E-state index in [1.807, 2.05) is 0 Å². The van der Waals surface area contributed by atoms with Crippen LogP contribution in [-0.2, 0) is 4.74 Å². The predicted molar refractivity (Wildman–Crippen MR) is 123 cm³/mol. The molecule has 1 saturated heterocycles. The maximum atomic E-state index is 14.3. The zero-order valence-electron chi connectivity index (χ0n) is 19.4. The van der Waals surface area contributed by atoms with Gasteiger partial charge in [0, 0.05) is 31.8 Å². The molecule has 11 heteroatoms. The molecule has 3 heterocycles. The average Bonchev–Trinajstić information content (AvgIpc) is 3.20. The van der Waals surface area contributed by atoms with Gasteiger partial charge in [0.1, 0.15) is 34.6 Å². The molecule has 35 heavy (non-hydrogen) atoms. The maximum absolute atomic E-state index is 14.3. The van der Waals surface area contributed by atoms with Gasteiger partial charge in [0.15, 0.2) is 0 Å². The fourth-order valence-electron chi connectivity index (χ4n) is 3.69. The first-order chi connectivity index (χ1) is 16.5. The molecule has 0 spiro atoms. The van der Waals surface area contributed by atoms with E-state index in [0.717, 1.165) is 11.6 Å². The topological polar surface area (TPSA) is 87.1 Å². The van der Waals surface area contributed by atoms with Crippen LogP contribution in [0.25, 0.3) is 6.08 Å². The number of likely N-dealkylation sites (tertiary alicyclic amines) is 1. The predicted octanol–water partition coefficient (Wildman–Crippen LogP) is 5.10. The fourth-order valence-corrected chi connectivity index (χ4v) is 3.69. The molecule has 3 amide bonds. The first kappa shape index (κ1) is 24.2. The Hall–Kier alpha value is -3.89. The summed E-state index contributed by atoms with van der Waals surface area (Å²) in [5.41, 5.74) is 0.354. The van der Waals surface area contributed by atoms with Crippen LogP contribution in [0.3, 0.4) is 0 Å². The van der Waals surface area contributed by atoms with E-state index >= 15 is 0 Å². The second-order valence-corrected chi connectivity index (χ2v) is 9.23. The van der Waals surface area contributed by atoms with Crippen molar-refractivity contribution in [1.82, 2.24) is 14.9 Å². The summed E-state index contributed by atoms with van der Waals surface area (Å²) in [5, 5.41) is 7.72. The molecule has 0 saturated carbocycles. The Morgan fingerprint density at radius 1 is 1.11 bits per heavy atom. The molecular formula is C24H24F3N5O3. The molecule has 184 valence electrons. The number of nitrogens with zero attached hydrogens (tertiary/aromatic N) is 4. The second kappa shape index (κ2) is 9.40. The standard InChI is InChI=1S/C24H24F3N5O3/c1-24(2,3)35-22(33)30-21-5-4-18(27)19(29-21)8-14-12-31(13-14)23(34)32-20(6-7-28-32)15-9-16(25)11-17(26)10-15/h4-5,7-11,20H,6,12-13H2,1-3H3,(H,29,30,33). The van der Waals surface area contributed by atoms with Crippen LogP contribution < -0.4 is 5.32 Å². The highest BCUT2D eigenvalue weighted by Gasteiger charge is 2.36. The number of hydrogen-bond acceptors (Lipinski definition) is 5. The monoisotopic (exact) mass is 487 g/mol. The maximum Gasteiger partial charge on any atom is 0.413 e. The first-order valence-corrected chi connectivity index (χ1v) is 10.9. The molecule has 2 aliphatic rings. The lowest BCUT2D eigenvalue weighted by molar-refractivity contribution is 0.0635. The number of carbonyl (C=O) groups excluding carboxylic acids is 2. The molecule has 1 unspecified atom stereocenters. The molecule has 0 aliphatic carbocycles. The van der Waals surface area contributed by atoms with E-state index in [4.69, 9.17) is 4.74 Å². The minimum atomic E-state index is -0.730. The molecule has 1 N–H and O–H groups in total. The Morgan fingerprint density at radius 2 is 1.80 bits per heavy atom. The van der Waals surface area contributed by atoms with Gasteiger partial charge in [-0.3, -0.25) is 5.32 Å². The number of carbonyl (C=O) groups is 2. The molecule has 2 aromatic rings. The normalized spacial score (nSPS) is 17.3. The summed E-state index contributed by atoms with van der Waals surface area (Å²) < 4.78 is 46.7. The van der Waals surface area contributed by atoms with Crippen LogP contribution in [0.2, 0.25) is 0 Å². The Morgan fingerprint density at radius 3 is 2.46 bits per heavy atom. The molecule has 2 aliphatic heterocycles. The summed E-state index contributed by atoms with van der Waals surface area (Å²) in [6.45, 7) is 5.57. The number of pyridine rings is 1. The summed E-state index contributed by atoms with van der Waals surface area (Å²) in [6.07, 6.45) is 2.64. The number of anilines is 1. The molecule has 1 fully saturated rings. The smallest absolute Gasteiger partial charge is 0.413 e. The lowest BCUT2D eigenvalue weighted by Crippen LogP contribution is -2.49. The zero-order chi connectivity index (χ0) is 25.3. The number of aromatic nitrogens is 1. The second-order valence-electron chi connectivity index (χ2n) is 9.23. The third-order valence-corrected chi connectivity index (χ3v) is 5.20. The van der Waals surface area contributed by atoms with Gasteiger partial charge >= 0.3 is 12.1 Å². The van der Waals surface area contributed by atoms with E-state index in [9.17, 15) is 22.8 Å². The quantitative estimate of drug-likeness (QED) is 0.653. The molecule has 1 atom stereocenters. The van der Waals surface area contributed by atoms with Crippen LogP contribution in [0.15, 0.2) is 41.0 Å². The number of nitrogens with one attached hydrogen (secondary N) is 1. The van der Waals surface area contributed by atoms with E-state index in [-0.39, 0.29) is 24.6 Å². The minimum absolute atomic E-state index is 0.00737. The third kappa shape index (κ3) is 5.79. The molecule has 0 radical (unpaired) electrons. The Bertz CT molecular complexity index is 1200. The number of halogens is 3. The van der Waals surface area contributed by atoms with E-state index in [2.05, 4.69) is 15.4 Å².